The number of aromatic amines is 1. The summed E-state index contributed by atoms with van der Waals surface area (Å²) in [5.74, 6) is 0.427. The van der Waals surface area contributed by atoms with Crippen molar-refractivity contribution in [2.45, 2.75) is 53.0 Å². The number of carbonyl (C=O) groups excluding carboxylic acids is 1. The standard InChI is InChI=1S/C22H29N5O3/c1-5-6-12-30-22-16(8-7-11-23-22)13-24-18(28)10-9-17-14(2)19-15(3)26-27(4)20(19)25-21(17)29/h7-8,11H,5-6,9-10,12-13H2,1-4H3,(H,24,28)(H,25,29). The molecule has 0 aliphatic rings. The third kappa shape index (κ3) is 4.69. The first-order chi connectivity index (χ1) is 14.4. The number of aryl methyl sites for hydroxylation is 3. The number of nitrogens with one attached hydrogen (secondary N) is 2. The summed E-state index contributed by atoms with van der Waals surface area (Å²) in [5, 5.41) is 8.22. The first-order valence-corrected chi connectivity index (χ1v) is 10.3. The highest BCUT2D eigenvalue weighted by molar-refractivity contribution is 5.83. The van der Waals surface area contributed by atoms with Crippen LogP contribution in [0.15, 0.2) is 23.1 Å². The van der Waals surface area contributed by atoms with Gasteiger partial charge in [0.2, 0.25) is 11.8 Å². The summed E-state index contributed by atoms with van der Waals surface area (Å²) < 4.78 is 7.38. The van der Waals surface area contributed by atoms with Gasteiger partial charge in [-0.2, -0.15) is 5.10 Å². The summed E-state index contributed by atoms with van der Waals surface area (Å²) in [6, 6.07) is 3.71. The monoisotopic (exact) mass is 411 g/mol. The van der Waals surface area contributed by atoms with Crippen LogP contribution in [0.1, 0.15) is 48.6 Å². The van der Waals surface area contributed by atoms with Gasteiger partial charge in [-0.3, -0.25) is 14.3 Å². The number of aromatic nitrogens is 4. The van der Waals surface area contributed by atoms with Crippen molar-refractivity contribution in [2.24, 2.45) is 7.05 Å². The molecular weight excluding hydrogens is 382 g/mol. The van der Waals surface area contributed by atoms with E-state index in [4.69, 9.17) is 4.74 Å². The predicted molar refractivity (Wildman–Crippen MR) is 116 cm³/mol. The molecular formula is C22H29N5O3. The summed E-state index contributed by atoms with van der Waals surface area (Å²) in [5.41, 5.74) is 3.73. The van der Waals surface area contributed by atoms with Crippen molar-refractivity contribution in [3.05, 3.63) is 51.1 Å². The van der Waals surface area contributed by atoms with Crippen molar-refractivity contribution in [3.8, 4) is 5.88 Å². The molecule has 3 rings (SSSR count). The molecule has 8 heteroatoms. The van der Waals surface area contributed by atoms with Gasteiger partial charge >= 0.3 is 0 Å². The van der Waals surface area contributed by atoms with Crippen LogP contribution in [0.25, 0.3) is 11.0 Å². The maximum Gasteiger partial charge on any atom is 0.253 e. The molecule has 0 spiro atoms. The van der Waals surface area contributed by atoms with Crippen molar-refractivity contribution in [3.63, 3.8) is 0 Å². The Morgan fingerprint density at radius 3 is 2.90 bits per heavy atom. The van der Waals surface area contributed by atoms with Gasteiger partial charge in [-0.25, -0.2) is 4.98 Å². The minimum Gasteiger partial charge on any atom is -0.477 e. The number of rotatable bonds is 9. The molecule has 3 aromatic heterocycles. The Balaban J connectivity index is 1.63. The Labute approximate surface area is 175 Å². The fraction of sp³-hybridized carbons (Fsp3) is 0.455. The maximum absolute atomic E-state index is 12.5. The highest BCUT2D eigenvalue weighted by Gasteiger charge is 2.16. The number of hydrogen-bond acceptors (Lipinski definition) is 5. The van der Waals surface area contributed by atoms with Crippen LogP contribution in [-0.2, 0) is 24.8 Å². The van der Waals surface area contributed by atoms with Crippen LogP contribution in [-0.4, -0.2) is 32.3 Å². The lowest BCUT2D eigenvalue weighted by Crippen LogP contribution is -2.25. The average Bonchev–Trinajstić information content (AvgIpc) is 3.00. The fourth-order valence-corrected chi connectivity index (χ4v) is 3.58. The molecule has 8 nitrogen and oxygen atoms in total. The van der Waals surface area contributed by atoms with E-state index in [1.165, 1.54) is 0 Å². The lowest BCUT2D eigenvalue weighted by molar-refractivity contribution is -0.121. The summed E-state index contributed by atoms with van der Waals surface area (Å²) >= 11 is 0. The van der Waals surface area contributed by atoms with Crippen LogP contribution >= 0.6 is 0 Å². The molecule has 0 bridgehead atoms. The maximum atomic E-state index is 12.5. The molecule has 0 aliphatic carbocycles. The lowest BCUT2D eigenvalue weighted by Gasteiger charge is -2.11. The van der Waals surface area contributed by atoms with Crippen molar-refractivity contribution in [2.75, 3.05) is 6.61 Å². The van der Waals surface area contributed by atoms with E-state index in [1.54, 1.807) is 17.9 Å². The normalized spacial score (nSPS) is 11.1. The van der Waals surface area contributed by atoms with Crippen LogP contribution < -0.4 is 15.6 Å². The van der Waals surface area contributed by atoms with E-state index in [9.17, 15) is 9.59 Å². The summed E-state index contributed by atoms with van der Waals surface area (Å²) in [6.07, 6.45) is 4.27. The van der Waals surface area contributed by atoms with Crippen LogP contribution in [0.3, 0.4) is 0 Å². The van der Waals surface area contributed by atoms with Gasteiger partial charge in [0.15, 0.2) is 0 Å². The number of ether oxygens (including phenoxy) is 1. The van der Waals surface area contributed by atoms with Gasteiger partial charge in [0.25, 0.3) is 5.56 Å². The molecule has 0 aliphatic heterocycles. The van der Waals surface area contributed by atoms with Crippen LogP contribution in [0.2, 0.25) is 0 Å². The highest BCUT2D eigenvalue weighted by atomic mass is 16.5. The molecule has 1 amide bonds. The smallest absolute Gasteiger partial charge is 0.253 e. The molecule has 0 aromatic carbocycles. The third-order valence-electron chi connectivity index (χ3n) is 5.22. The van der Waals surface area contributed by atoms with Gasteiger partial charge in [-0.05, 0) is 38.3 Å². The number of H-pyrrole nitrogens is 1. The molecule has 0 saturated carbocycles. The SMILES string of the molecule is CCCCOc1ncccc1CNC(=O)CCc1c(C)c2c(C)nn(C)c2[nH]c1=O. The molecule has 0 radical (unpaired) electrons. The topological polar surface area (TPSA) is 102 Å². The third-order valence-corrected chi connectivity index (χ3v) is 5.22. The second-order valence-electron chi connectivity index (χ2n) is 7.44. The molecule has 0 fully saturated rings. The molecule has 0 atom stereocenters. The molecule has 3 heterocycles. The summed E-state index contributed by atoms with van der Waals surface area (Å²) in [6.45, 7) is 6.87. The van der Waals surface area contributed by atoms with E-state index in [0.717, 1.165) is 35.0 Å². The Bertz CT molecular complexity index is 1100. The number of nitrogens with zero attached hydrogens (tertiary/aromatic N) is 3. The summed E-state index contributed by atoms with van der Waals surface area (Å²) in [7, 11) is 1.80. The molecule has 2 N–H and O–H groups in total. The van der Waals surface area contributed by atoms with E-state index < -0.39 is 0 Å². The number of carbonyl (C=O) groups is 1. The van der Waals surface area contributed by atoms with E-state index in [2.05, 4.69) is 27.3 Å². The van der Waals surface area contributed by atoms with Crippen molar-refractivity contribution in [1.82, 2.24) is 25.1 Å². The zero-order valence-electron chi connectivity index (χ0n) is 18.0. The molecule has 30 heavy (non-hydrogen) atoms. The van der Waals surface area contributed by atoms with Gasteiger partial charge in [0.1, 0.15) is 5.65 Å². The zero-order valence-corrected chi connectivity index (χ0v) is 18.0. The van der Waals surface area contributed by atoms with E-state index in [1.807, 2.05) is 26.0 Å². The number of hydrogen-bond donors (Lipinski definition) is 2. The van der Waals surface area contributed by atoms with Gasteiger partial charge in [-0.15, -0.1) is 0 Å². The minimum absolute atomic E-state index is 0.125. The second-order valence-corrected chi connectivity index (χ2v) is 7.44. The van der Waals surface area contributed by atoms with Crippen molar-refractivity contribution >= 4 is 16.9 Å². The molecule has 160 valence electrons. The van der Waals surface area contributed by atoms with Crippen molar-refractivity contribution in [1.29, 1.82) is 0 Å². The van der Waals surface area contributed by atoms with E-state index >= 15 is 0 Å². The second kappa shape index (κ2) is 9.56. The quantitative estimate of drug-likeness (QED) is 0.527. The first-order valence-electron chi connectivity index (χ1n) is 10.3. The average molecular weight is 412 g/mol. The molecule has 3 aromatic rings. The van der Waals surface area contributed by atoms with Gasteiger partial charge in [0.05, 0.1) is 12.3 Å². The minimum atomic E-state index is -0.172. The van der Waals surface area contributed by atoms with Gasteiger partial charge in [-0.1, -0.05) is 19.4 Å². The Hall–Kier alpha value is -3.16. The van der Waals surface area contributed by atoms with E-state index in [0.29, 0.717) is 36.7 Å². The Kier molecular flexibility index (Phi) is 6.87. The number of amides is 1. The first kappa shape index (κ1) is 21.5. The van der Waals surface area contributed by atoms with Crippen molar-refractivity contribution < 1.29 is 9.53 Å². The largest absolute Gasteiger partial charge is 0.477 e. The molecule has 0 unspecified atom stereocenters. The van der Waals surface area contributed by atoms with Crippen LogP contribution in [0.5, 0.6) is 5.88 Å². The van der Waals surface area contributed by atoms with Gasteiger partial charge in [0, 0.05) is 42.7 Å². The lowest BCUT2D eigenvalue weighted by atomic mass is 10.0. The number of fused-ring (bicyclic) bond motifs is 1. The van der Waals surface area contributed by atoms with Crippen LogP contribution in [0.4, 0.5) is 0 Å². The summed E-state index contributed by atoms with van der Waals surface area (Å²) in [4.78, 5) is 32.1. The van der Waals surface area contributed by atoms with Gasteiger partial charge < -0.3 is 15.0 Å². The highest BCUT2D eigenvalue weighted by Crippen LogP contribution is 2.21. The zero-order chi connectivity index (χ0) is 21.7. The predicted octanol–water partition coefficient (Wildman–Crippen LogP) is 2.70. The number of pyridine rings is 2. The molecule has 0 saturated heterocycles. The number of unbranched alkanes of at least 4 members (excludes halogenated alkanes) is 1. The van der Waals surface area contributed by atoms with Crippen LogP contribution in [0, 0.1) is 13.8 Å². The Morgan fingerprint density at radius 1 is 1.33 bits per heavy atom. The fourth-order valence-electron chi connectivity index (χ4n) is 3.58. The van der Waals surface area contributed by atoms with E-state index in [-0.39, 0.29) is 17.9 Å². The Morgan fingerprint density at radius 2 is 2.13 bits per heavy atom.